The van der Waals surface area contributed by atoms with Crippen LogP contribution < -0.4 is 0 Å². The van der Waals surface area contributed by atoms with Gasteiger partial charge in [-0.05, 0) is 67.1 Å². The standard InChI is InChI=1S/C23H32O5/c1-15-6-9-23(4)19(21(25)26-5)12-18(28-16(2)24)13-20(23)22(15,3)10-7-17-8-11-27-14-17/h8,11-12,14-15,18,20H,6-7,9-10,13H2,1-5H3/t15-,18+,20-,22+,23+/m1/s1. The van der Waals surface area contributed by atoms with Crippen molar-refractivity contribution in [1.29, 1.82) is 0 Å². The molecule has 0 bridgehead atoms. The van der Waals surface area contributed by atoms with Gasteiger partial charge in [-0.15, -0.1) is 0 Å². The maximum atomic E-state index is 12.7. The average molecular weight is 389 g/mol. The summed E-state index contributed by atoms with van der Waals surface area (Å²) in [6.07, 6.45) is 9.62. The van der Waals surface area contributed by atoms with Crippen molar-refractivity contribution in [3.8, 4) is 0 Å². The van der Waals surface area contributed by atoms with Crippen LogP contribution >= 0.6 is 0 Å². The van der Waals surface area contributed by atoms with Crippen molar-refractivity contribution >= 4 is 11.9 Å². The van der Waals surface area contributed by atoms with Crippen LogP contribution in [0.2, 0.25) is 0 Å². The first-order valence-corrected chi connectivity index (χ1v) is 10.2. The minimum absolute atomic E-state index is 0.0101. The summed E-state index contributed by atoms with van der Waals surface area (Å²) in [5, 5.41) is 0. The highest BCUT2D eigenvalue weighted by molar-refractivity contribution is 5.90. The molecule has 3 rings (SSSR count). The molecule has 2 aliphatic carbocycles. The van der Waals surface area contributed by atoms with Crippen molar-refractivity contribution in [2.45, 2.75) is 65.9 Å². The molecule has 1 aromatic rings. The zero-order valence-corrected chi connectivity index (χ0v) is 17.6. The van der Waals surface area contributed by atoms with Crippen molar-refractivity contribution in [2.24, 2.45) is 22.7 Å². The monoisotopic (exact) mass is 388 g/mol. The van der Waals surface area contributed by atoms with Gasteiger partial charge >= 0.3 is 11.9 Å². The number of hydrogen-bond donors (Lipinski definition) is 0. The molecule has 0 N–H and O–H groups in total. The molecule has 5 atom stereocenters. The summed E-state index contributed by atoms with van der Waals surface area (Å²) in [5.74, 6) is 0.0978. The van der Waals surface area contributed by atoms with Gasteiger partial charge in [-0.3, -0.25) is 4.79 Å². The van der Waals surface area contributed by atoms with Gasteiger partial charge in [-0.25, -0.2) is 4.79 Å². The molecule has 5 nitrogen and oxygen atoms in total. The SMILES string of the molecule is COC(=O)C1=C[C@H](OC(C)=O)C[C@@H]2[C@@](C)(CCc3ccoc3)[C@H](C)CC[C@@]12C. The Bertz CT molecular complexity index is 749. The lowest BCUT2D eigenvalue weighted by molar-refractivity contribution is -0.152. The van der Waals surface area contributed by atoms with E-state index in [9.17, 15) is 9.59 Å². The molecule has 28 heavy (non-hydrogen) atoms. The first-order valence-electron chi connectivity index (χ1n) is 10.2. The number of carbonyl (C=O) groups is 2. The van der Waals surface area contributed by atoms with E-state index in [1.165, 1.54) is 19.6 Å². The Morgan fingerprint density at radius 3 is 2.68 bits per heavy atom. The lowest BCUT2D eigenvalue weighted by Crippen LogP contribution is -2.53. The van der Waals surface area contributed by atoms with Gasteiger partial charge in [0.15, 0.2) is 0 Å². The molecule has 1 saturated carbocycles. The third-order valence-electron chi connectivity index (χ3n) is 7.48. The van der Waals surface area contributed by atoms with Crippen molar-refractivity contribution in [3.05, 3.63) is 35.8 Å². The topological polar surface area (TPSA) is 65.7 Å². The van der Waals surface area contributed by atoms with E-state index in [4.69, 9.17) is 13.9 Å². The fourth-order valence-electron chi connectivity index (χ4n) is 5.60. The molecule has 1 heterocycles. The highest BCUT2D eigenvalue weighted by Crippen LogP contribution is 2.62. The Kier molecular flexibility index (Phi) is 5.74. The largest absolute Gasteiger partial charge is 0.472 e. The predicted molar refractivity (Wildman–Crippen MR) is 105 cm³/mol. The van der Waals surface area contributed by atoms with Crippen LogP contribution in [0.1, 0.15) is 58.9 Å². The van der Waals surface area contributed by atoms with Crippen LogP contribution in [0.4, 0.5) is 0 Å². The van der Waals surface area contributed by atoms with Crippen LogP contribution in [0.3, 0.4) is 0 Å². The molecule has 2 aliphatic rings. The number of ether oxygens (including phenoxy) is 2. The molecule has 1 aromatic heterocycles. The molecule has 154 valence electrons. The lowest BCUT2D eigenvalue weighted by atomic mass is 9.46. The van der Waals surface area contributed by atoms with Crippen molar-refractivity contribution in [1.82, 2.24) is 0 Å². The summed E-state index contributed by atoms with van der Waals surface area (Å²) in [4.78, 5) is 24.3. The van der Waals surface area contributed by atoms with Gasteiger partial charge in [0.25, 0.3) is 0 Å². The van der Waals surface area contributed by atoms with Gasteiger partial charge in [0.05, 0.1) is 19.6 Å². The number of aryl methyl sites for hydroxylation is 1. The van der Waals surface area contributed by atoms with Crippen molar-refractivity contribution < 1.29 is 23.5 Å². The van der Waals surface area contributed by atoms with Crippen LogP contribution in [-0.4, -0.2) is 25.2 Å². The van der Waals surface area contributed by atoms with E-state index in [-0.39, 0.29) is 34.8 Å². The number of fused-ring (bicyclic) bond motifs is 1. The first-order chi connectivity index (χ1) is 13.2. The minimum Gasteiger partial charge on any atom is -0.472 e. The highest BCUT2D eigenvalue weighted by atomic mass is 16.5. The molecule has 5 heteroatoms. The van der Waals surface area contributed by atoms with Gasteiger partial charge in [0, 0.05) is 17.9 Å². The summed E-state index contributed by atoms with van der Waals surface area (Å²) in [6, 6.07) is 2.01. The number of rotatable bonds is 5. The van der Waals surface area contributed by atoms with Crippen LogP contribution in [0, 0.1) is 22.7 Å². The van der Waals surface area contributed by atoms with Gasteiger partial charge in [0.2, 0.25) is 0 Å². The van der Waals surface area contributed by atoms with E-state index in [1.54, 1.807) is 12.5 Å². The number of carbonyl (C=O) groups excluding carboxylic acids is 2. The molecule has 1 fully saturated rings. The Morgan fingerprint density at radius 1 is 1.32 bits per heavy atom. The third-order valence-corrected chi connectivity index (χ3v) is 7.48. The summed E-state index contributed by atoms with van der Waals surface area (Å²) >= 11 is 0. The number of hydrogen-bond acceptors (Lipinski definition) is 5. The van der Waals surface area contributed by atoms with Gasteiger partial charge in [-0.1, -0.05) is 20.8 Å². The zero-order valence-electron chi connectivity index (χ0n) is 17.6. The quantitative estimate of drug-likeness (QED) is 0.684. The Morgan fingerprint density at radius 2 is 2.07 bits per heavy atom. The van der Waals surface area contributed by atoms with Crippen molar-refractivity contribution in [3.63, 3.8) is 0 Å². The second kappa shape index (κ2) is 7.76. The first kappa shape index (κ1) is 20.7. The second-order valence-corrected chi connectivity index (χ2v) is 9.00. The van der Waals surface area contributed by atoms with Crippen LogP contribution in [0.5, 0.6) is 0 Å². The zero-order chi connectivity index (χ0) is 20.5. The van der Waals surface area contributed by atoms with Crippen molar-refractivity contribution in [2.75, 3.05) is 7.11 Å². The summed E-state index contributed by atoms with van der Waals surface area (Å²) in [5.41, 5.74) is 1.59. The van der Waals surface area contributed by atoms with Gasteiger partial charge in [-0.2, -0.15) is 0 Å². The molecule has 0 aliphatic heterocycles. The average Bonchev–Trinajstić information content (AvgIpc) is 3.17. The van der Waals surface area contributed by atoms with Gasteiger partial charge in [0.1, 0.15) is 6.10 Å². The Labute approximate surface area is 167 Å². The maximum Gasteiger partial charge on any atom is 0.334 e. The summed E-state index contributed by atoms with van der Waals surface area (Å²) in [7, 11) is 1.42. The minimum atomic E-state index is -0.386. The predicted octanol–water partition coefficient (Wildman–Crippen LogP) is 4.71. The van der Waals surface area contributed by atoms with E-state index < -0.39 is 0 Å². The molecular formula is C23H32O5. The number of esters is 2. The maximum absolute atomic E-state index is 12.7. The molecule has 0 amide bonds. The van der Waals surface area contributed by atoms with Crippen LogP contribution in [0.15, 0.2) is 34.7 Å². The van der Waals surface area contributed by atoms with E-state index in [0.717, 1.165) is 32.1 Å². The molecule has 0 spiro atoms. The van der Waals surface area contributed by atoms with Crippen LogP contribution in [-0.2, 0) is 25.5 Å². The Balaban J connectivity index is 1.97. The Hall–Kier alpha value is -2.04. The number of furan rings is 1. The molecule has 0 unspecified atom stereocenters. The smallest absolute Gasteiger partial charge is 0.334 e. The lowest BCUT2D eigenvalue weighted by Gasteiger charge is -2.58. The fraction of sp³-hybridized carbons (Fsp3) is 0.652. The summed E-state index contributed by atoms with van der Waals surface area (Å²) < 4.78 is 15.9. The van der Waals surface area contributed by atoms with Crippen LogP contribution in [0.25, 0.3) is 0 Å². The molecule has 0 aromatic carbocycles. The third kappa shape index (κ3) is 3.63. The fourth-order valence-corrected chi connectivity index (χ4v) is 5.60. The molecular weight excluding hydrogens is 356 g/mol. The summed E-state index contributed by atoms with van der Waals surface area (Å²) in [6.45, 7) is 8.25. The van der Waals surface area contributed by atoms with E-state index in [2.05, 4.69) is 20.8 Å². The molecule has 0 saturated heterocycles. The highest BCUT2D eigenvalue weighted by Gasteiger charge is 2.57. The number of methoxy groups -OCH3 is 1. The van der Waals surface area contributed by atoms with Gasteiger partial charge < -0.3 is 13.9 Å². The second-order valence-electron chi connectivity index (χ2n) is 9.00. The normalized spacial score (nSPS) is 34.9. The van der Waals surface area contributed by atoms with E-state index in [0.29, 0.717) is 11.5 Å². The van der Waals surface area contributed by atoms with E-state index in [1.807, 2.05) is 12.1 Å². The molecule has 0 radical (unpaired) electrons. The van der Waals surface area contributed by atoms with E-state index >= 15 is 0 Å².